The van der Waals surface area contributed by atoms with Gasteiger partial charge in [0.25, 0.3) is 0 Å². The molecule has 0 radical (unpaired) electrons. The Morgan fingerprint density at radius 3 is 2.29 bits per heavy atom. The maximum absolute atomic E-state index is 11.3. The third kappa shape index (κ3) is 9.09. The lowest BCUT2D eigenvalue weighted by Gasteiger charge is -2.12. The summed E-state index contributed by atoms with van der Waals surface area (Å²) in [6, 6.07) is 11.8. The number of nitrogens with zero attached hydrogens (tertiary/aromatic N) is 1. The van der Waals surface area contributed by atoms with Crippen LogP contribution >= 0.6 is 0 Å². The number of allylic oxidation sites excluding steroid dienone is 1. The quantitative estimate of drug-likeness (QED) is 0.0853. The molecule has 0 aliphatic heterocycles. The van der Waals surface area contributed by atoms with Crippen LogP contribution in [0.5, 0.6) is 23.0 Å². The summed E-state index contributed by atoms with van der Waals surface area (Å²) >= 11 is 0. The Labute approximate surface area is 206 Å². The summed E-state index contributed by atoms with van der Waals surface area (Å²) < 4.78 is 16.4. The second-order valence-corrected chi connectivity index (χ2v) is 8.17. The Kier molecular flexibility index (Phi) is 11.2. The number of carbonyl (C=O) groups is 1. The van der Waals surface area contributed by atoms with Gasteiger partial charge in [-0.1, -0.05) is 38.3 Å². The van der Waals surface area contributed by atoms with E-state index in [2.05, 4.69) is 12.6 Å². The van der Waals surface area contributed by atoms with Crippen LogP contribution in [-0.4, -0.2) is 36.5 Å². The number of nitriles is 1. The molecule has 0 unspecified atom stereocenters. The number of phenols is 2. The highest BCUT2D eigenvalue weighted by Crippen LogP contribution is 2.32. The van der Waals surface area contributed by atoms with Gasteiger partial charge in [0.1, 0.15) is 0 Å². The van der Waals surface area contributed by atoms with Crippen LogP contribution in [0, 0.1) is 11.3 Å². The van der Waals surface area contributed by atoms with Crippen LogP contribution in [0.4, 0.5) is 0 Å². The van der Waals surface area contributed by atoms with Crippen LogP contribution in [0.25, 0.3) is 11.6 Å². The molecule has 0 aromatic heterocycles. The molecule has 7 heteroatoms. The third-order valence-corrected chi connectivity index (χ3v) is 5.28. The summed E-state index contributed by atoms with van der Waals surface area (Å²) in [6.07, 6.45) is 7.67. The van der Waals surface area contributed by atoms with E-state index in [0.29, 0.717) is 41.4 Å². The van der Waals surface area contributed by atoms with E-state index >= 15 is 0 Å². The molecule has 0 aliphatic rings. The molecule has 35 heavy (non-hydrogen) atoms. The van der Waals surface area contributed by atoms with Crippen molar-refractivity contribution in [2.24, 2.45) is 0 Å². The number of ether oxygens (including phenoxy) is 3. The fourth-order valence-corrected chi connectivity index (χ4v) is 3.31. The molecule has 2 aromatic rings. The molecule has 0 aliphatic carbocycles. The van der Waals surface area contributed by atoms with Gasteiger partial charge in [0.05, 0.1) is 32.0 Å². The largest absolute Gasteiger partial charge is 0.504 e. The van der Waals surface area contributed by atoms with Crippen LogP contribution in [0.2, 0.25) is 0 Å². The first-order chi connectivity index (χ1) is 16.8. The predicted octanol–water partition coefficient (Wildman–Crippen LogP) is 6.01. The normalized spacial score (nSPS) is 10.9. The van der Waals surface area contributed by atoms with Crippen LogP contribution < -0.4 is 9.47 Å². The number of methoxy groups -OCH3 is 1. The van der Waals surface area contributed by atoms with Gasteiger partial charge in [-0.3, -0.25) is 0 Å². The van der Waals surface area contributed by atoms with Crippen molar-refractivity contribution in [1.29, 1.82) is 5.26 Å². The number of hydrogen-bond acceptors (Lipinski definition) is 7. The Bertz CT molecular complexity index is 1080. The van der Waals surface area contributed by atoms with E-state index in [4.69, 9.17) is 14.2 Å². The van der Waals surface area contributed by atoms with Gasteiger partial charge in [-0.15, -0.1) is 0 Å². The number of esters is 1. The van der Waals surface area contributed by atoms with Crippen molar-refractivity contribution in [3.63, 3.8) is 0 Å². The molecule has 0 saturated heterocycles. The van der Waals surface area contributed by atoms with Gasteiger partial charge < -0.3 is 24.4 Å². The van der Waals surface area contributed by atoms with Crippen LogP contribution in [0.1, 0.15) is 56.6 Å². The number of carbonyl (C=O) groups excluding carboxylic acids is 1. The topological polar surface area (TPSA) is 109 Å². The molecule has 0 saturated carbocycles. The highest BCUT2D eigenvalue weighted by atomic mass is 16.5. The van der Waals surface area contributed by atoms with Crippen molar-refractivity contribution in [2.75, 3.05) is 20.3 Å². The van der Waals surface area contributed by atoms with E-state index in [1.165, 1.54) is 12.1 Å². The molecule has 0 amide bonds. The Balaban J connectivity index is 1.79. The lowest BCUT2D eigenvalue weighted by molar-refractivity contribution is -0.139. The standard InChI is InChI=1S/C28H33NO6/c1-20(2)28(32)35-15-9-7-5-4-6-8-14-34-26-13-10-21(17-27(26)33-3)16-23(19-29)22-11-12-24(30)25(31)18-22/h10-13,16-18,30-31H,1,4-9,14-15H2,2-3H3/b23-16+. The molecule has 186 valence electrons. The zero-order chi connectivity index (χ0) is 25.6. The summed E-state index contributed by atoms with van der Waals surface area (Å²) in [4.78, 5) is 11.3. The van der Waals surface area contributed by atoms with Gasteiger partial charge in [-0.2, -0.15) is 5.26 Å². The van der Waals surface area contributed by atoms with E-state index in [1.807, 2.05) is 6.07 Å². The molecule has 2 rings (SSSR count). The molecule has 0 fully saturated rings. The first kappa shape index (κ1) is 27.3. The number of rotatable bonds is 14. The Hall–Kier alpha value is -3.92. The minimum atomic E-state index is -0.329. The molecular weight excluding hydrogens is 446 g/mol. The predicted molar refractivity (Wildman–Crippen MR) is 135 cm³/mol. The van der Waals surface area contributed by atoms with Crippen molar-refractivity contribution in [3.8, 4) is 29.1 Å². The average molecular weight is 480 g/mol. The lowest BCUT2D eigenvalue weighted by Crippen LogP contribution is -2.06. The van der Waals surface area contributed by atoms with Gasteiger partial charge in [0, 0.05) is 5.57 Å². The second-order valence-electron chi connectivity index (χ2n) is 8.17. The van der Waals surface area contributed by atoms with E-state index < -0.39 is 0 Å². The van der Waals surface area contributed by atoms with Crippen LogP contribution in [-0.2, 0) is 9.53 Å². The summed E-state index contributed by atoms with van der Waals surface area (Å²) in [6.45, 7) is 6.20. The molecule has 7 nitrogen and oxygen atoms in total. The van der Waals surface area contributed by atoms with Gasteiger partial charge in [0.2, 0.25) is 0 Å². The fraction of sp³-hybridized carbons (Fsp3) is 0.357. The summed E-state index contributed by atoms with van der Waals surface area (Å²) in [7, 11) is 1.56. The molecule has 0 heterocycles. The maximum atomic E-state index is 11.3. The molecule has 0 spiro atoms. The van der Waals surface area contributed by atoms with E-state index in [9.17, 15) is 20.3 Å². The number of benzene rings is 2. The number of phenolic OH excluding ortho intramolecular Hbond substituents is 2. The fourth-order valence-electron chi connectivity index (χ4n) is 3.31. The molecule has 0 atom stereocenters. The molecule has 0 bridgehead atoms. The van der Waals surface area contributed by atoms with Gasteiger partial charge in [0.15, 0.2) is 23.0 Å². The molecule has 2 aromatic carbocycles. The van der Waals surface area contributed by atoms with Crippen LogP contribution in [0.15, 0.2) is 48.6 Å². The van der Waals surface area contributed by atoms with Crippen LogP contribution in [0.3, 0.4) is 0 Å². The van der Waals surface area contributed by atoms with Gasteiger partial charge >= 0.3 is 5.97 Å². The van der Waals surface area contributed by atoms with E-state index in [0.717, 1.165) is 44.1 Å². The number of aromatic hydroxyl groups is 2. The highest BCUT2D eigenvalue weighted by Gasteiger charge is 2.09. The van der Waals surface area contributed by atoms with E-state index in [-0.39, 0.29) is 17.5 Å². The first-order valence-electron chi connectivity index (χ1n) is 11.6. The van der Waals surface area contributed by atoms with Crippen molar-refractivity contribution in [1.82, 2.24) is 0 Å². The maximum Gasteiger partial charge on any atom is 0.333 e. The molecular formula is C28H33NO6. The van der Waals surface area contributed by atoms with Gasteiger partial charge in [-0.25, -0.2) is 4.79 Å². The monoisotopic (exact) mass is 479 g/mol. The second kappa shape index (κ2) is 14.4. The lowest BCUT2D eigenvalue weighted by atomic mass is 10.0. The highest BCUT2D eigenvalue weighted by molar-refractivity contribution is 5.90. The zero-order valence-electron chi connectivity index (χ0n) is 20.4. The summed E-state index contributed by atoms with van der Waals surface area (Å²) in [5.41, 5.74) is 2.00. The smallest absolute Gasteiger partial charge is 0.333 e. The Morgan fingerprint density at radius 2 is 1.66 bits per heavy atom. The Morgan fingerprint density at radius 1 is 0.971 bits per heavy atom. The van der Waals surface area contributed by atoms with Crippen molar-refractivity contribution >= 4 is 17.6 Å². The van der Waals surface area contributed by atoms with Crippen molar-refractivity contribution in [2.45, 2.75) is 45.4 Å². The zero-order valence-corrected chi connectivity index (χ0v) is 20.4. The first-order valence-corrected chi connectivity index (χ1v) is 11.6. The average Bonchev–Trinajstić information content (AvgIpc) is 2.85. The third-order valence-electron chi connectivity index (χ3n) is 5.28. The summed E-state index contributed by atoms with van der Waals surface area (Å²) in [5.74, 6) is 0.341. The van der Waals surface area contributed by atoms with Gasteiger partial charge in [-0.05, 0) is 67.3 Å². The number of unbranched alkanes of at least 4 members (excludes halogenated alkanes) is 5. The van der Waals surface area contributed by atoms with Crippen molar-refractivity contribution < 1.29 is 29.2 Å². The summed E-state index contributed by atoms with van der Waals surface area (Å²) in [5, 5.41) is 28.7. The minimum Gasteiger partial charge on any atom is -0.504 e. The molecule has 2 N–H and O–H groups in total. The minimum absolute atomic E-state index is 0.240. The SMILES string of the molecule is C=C(C)C(=O)OCCCCCCCCOc1ccc(/C=C(\C#N)c2ccc(O)c(O)c2)cc1OC. The number of hydrogen-bond donors (Lipinski definition) is 2. The van der Waals surface area contributed by atoms with E-state index in [1.54, 1.807) is 38.3 Å². The van der Waals surface area contributed by atoms with Crippen molar-refractivity contribution in [3.05, 3.63) is 59.7 Å².